The molecule has 9 heteroatoms. The van der Waals surface area contributed by atoms with Crippen molar-refractivity contribution in [2.45, 2.75) is 32.9 Å². The smallest absolute Gasteiger partial charge is 0.192 e. The first kappa shape index (κ1) is 19.0. The fraction of sp³-hybridized carbons (Fsp3) is 0.278. The molecular weight excluding hydrogens is 376 g/mol. The van der Waals surface area contributed by atoms with Gasteiger partial charge in [0.2, 0.25) is 0 Å². The van der Waals surface area contributed by atoms with Crippen LogP contribution in [0.1, 0.15) is 26.6 Å². The number of nitrogens with two attached hydrogens (primary N) is 1. The van der Waals surface area contributed by atoms with Gasteiger partial charge >= 0.3 is 0 Å². The summed E-state index contributed by atoms with van der Waals surface area (Å²) in [6.07, 6.45) is 1.57. The molecule has 6 nitrogen and oxygen atoms in total. The third kappa shape index (κ3) is 3.71. The van der Waals surface area contributed by atoms with Crippen LogP contribution in [0.25, 0.3) is 11.4 Å². The molecule has 2 N–H and O–H groups in total. The monoisotopic (exact) mass is 393 g/mol. The molecule has 0 unspecified atom stereocenters. The normalized spacial score (nSPS) is 11.6. The molecule has 0 saturated heterocycles. The molecule has 1 aromatic carbocycles. The molecule has 0 fully saturated rings. The van der Waals surface area contributed by atoms with Gasteiger partial charge in [0.25, 0.3) is 0 Å². The second kappa shape index (κ2) is 7.11. The Morgan fingerprint density at radius 3 is 2.44 bits per heavy atom. The maximum absolute atomic E-state index is 14.1. The van der Waals surface area contributed by atoms with Crippen molar-refractivity contribution in [2.75, 3.05) is 5.73 Å². The fourth-order valence-corrected chi connectivity index (χ4v) is 2.97. The molecule has 3 aromatic rings. The van der Waals surface area contributed by atoms with Gasteiger partial charge in [-0.1, -0.05) is 11.6 Å². The van der Waals surface area contributed by atoms with Crippen LogP contribution in [0.2, 0.25) is 5.02 Å². The Bertz CT molecular complexity index is 967. The highest BCUT2D eigenvalue weighted by atomic mass is 35.5. The van der Waals surface area contributed by atoms with E-state index >= 15 is 0 Å². The van der Waals surface area contributed by atoms with Crippen molar-refractivity contribution in [1.29, 1.82) is 0 Å². The molecule has 3 rings (SSSR count). The van der Waals surface area contributed by atoms with E-state index in [1.165, 1.54) is 0 Å². The molecule has 0 radical (unpaired) electrons. The van der Waals surface area contributed by atoms with E-state index in [9.17, 15) is 8.78 Å². The number of hydrogen-bond donors (Lipinski definition) is 1. The number of rotatable bonds is 5. The van der Waals surface area contributed by atoms with Crippen LogP contribution < -0.4 is 10.5 Å². The van der Waals surface area contributed by atoms with Gasteiger partial charge in [-0.15, -0.1) is 10.2 Å². The Balaban J connectivity index is 2.03. The highest BCUT2D eigenvalue weighted by molar-refractivity contribution is 6.30. The lowest BCUT2D eigenvalue weighted by atomic mass is 10.1. The van der Waals surface area contributed by atoms with Crippen LogP contribution in [0.15, 0.2) is 30.5 Å². The Hall–Kier alpha value is -2.74. The Kier molecular flexibility index (Phi) is 5.01. The van der Waals surface area contributed by atoms with Crippen molar-refractivity contribution in [3.8, 4) is 17.1 Å². The quantitative estimate of drug-likeness (QED) is 0.703. The molecule has 0 atom stereocenters. The maximum Gasteiger partial charge on any atom is 0.192 e. The summed E-state index contributed by atoms with van der Waals surface area (Å²) in [5, 5.41) is 8.35. The number of pyridine rings is 1. The highest BCUT2D eigenvalue weighted by Crippen LogP contribution is 2.33. The van der Waals surface area contributed by atoms with Crippen LogP contribution in [0.4, 0.5) is 14.6 Å². The predicted molar refractivity (Wildman–Crippen MR) is 98.4 cm³/mol. The van der Waals surface area contributed by atoms with E-state index in [-0.39, 0.29) is 5.02 Å². The molecule has 0 aliphatic rings. The van der Waals surface area contributed by atoms with Crippen LogP contribution in [0.5, 0.6) is 5.75 Å². The minimum Gasteiger partial charge on any atom is -0.474 e. The van der Waals surface area contributed by atoms with Gasteiger partial charge in [0.1, 0.15) is 5.82 Å². The largest absolute Gasteiger partial charge is 0.474 e. The molecule has 27 heavy (non-hydrogen) atoms. The van der Waals surface area contributed by atoms with Gasteiger partial charge in [-0.05, 0) is 45.0 Å². The minimum atomic E-state index is -1.17. The third-order valence-electron chi connectivity index (χ3n) is 3.97. The standard InChI is InChI=1S/C18H18ClF2N5O/c1-4-26-16(10-5-6-23-14(22)7-10)24-25-17(26)18(2,3)27-15-12(20)8-11(19)9-13(15)21/h5-9H,4H2,1-3H3,(H2,22,23). The van der Waals surface area contributed by atoms with Crippen molar-refractivity contribution in [1.82, 2.24) is 19.7 Å². The van der Waals surface area contributed by atoms with Crippen molar-refractivity contribution in [3.05, 3.63) is 52.9 Å². The lowest BCUT2D eigenvalue weighted by Crippen LogP contribution is -2.30. The first-order valence-electron chi connectivity index (χ1n) is 8.22. The van der Waals surface area contributed by atoms with Gasteiger partial charge in [-0.3, -0.25) is 0 Å². The lowest BCUT2D eigenvalue weighted by Gasteiger charge is -2.26. The van der Waals surface area contributed by atoms with Gasteiger partial charge in [-0.2, -0.15) is 0 Å². The topological polar surface area (TPSA) is 78.9 Å². The molecule has 0 spiro atoms. The fourth-order valence-electron chi connectivity index (χ4n) is 2.78. The summed E-state index contributed by atoms with van der Waals surface area (Å²) >= 11 is 5.66. The van der Waals surface area contributed by atoms with Crippen LogP contribution >= 0.6 is 11.6 Å². The number of ether oxygens (including phenoxy) is 1. The van der Waals surface area contributed by atoms with Crippen molar-refractivity contribution >= 4 is 17.4 Å². The van der Waals surface area contributed by atoms with Crippen LogP contribution in [-0.4, -0.2) is 19.7 Å². The summed E-state index contributed by atoms with van der Waals surface area (Å²) in [4.78, 5) is 3.96. The summed E-state index contributed by atoms with van der Waals surface area (Å²) < 4.78 is 35.7. The lowest BCUT2D eigenvalue weighted by molar-refractivity contribution is 0.0827. The molecule has 0 aliphatic heterocycles. The van der Waals surface area contributed by atoms with E-state index in [2.05, 4.69) is 15.2 Å². The highest BCUT2D eigenvalue weighted by Gasteiger charge is 2.33. The Labute approximate surface area is 160 Å². The summed E-state index contributed by atoms with van der Waals surface area (Å²) in [5.74, 6) is -1.000. The number of nitrogen functional groups attached to an aromatic ring is 1. The van der Waals surface area contributed by atoms with Gasteiger partial charge in [0, 0.05) is 23.3 Å². The zero-order valence-corrected chi connectivity index (χ0v) is 15.8. The first-order chi connectivity index (χ1) is 12.7. The van der Waals surface area contributed by atoms with Crippen molar-refractivity contribution in [3.63, 3.8) is 0 Å². The van der Waals surface area contributed by atoms with E-state index in [1.807, 2.05) is 6.92 Å². The SMILES string of the molecule is CCn1c(-c2ccnc(N)c2)nnc1C(C)(C)Oc1c(F)cc(Cl)cc1F. The number of benzene rings is 1. The summed E-state index contributed by atoms with van der Waals surface area (Å²) in [6.45, 7) is 5.72. The van der Waals surface area contributed by atoms with E-state index in [4.69, 9.17) is 22.1 Å². The number of halogens is 3. The van der Waals surface area contributed by atoms with Crippen LogP contribution in [0, 0.1) is 11.6 Å². The number of nitrogens with zero attached hydrogens (tertiary/aromatic N) is 4. The Morgan fingerprint density at radius 1 is 1.19 bits per heavy atom. The molecule has 0 bridgehead atoms. The summed E-state index contributed by atoms with van der Waals surface area (Å²) in [5.41, 5.74) is 5.29. The minimum absolute atomic E-state index is 0.0514. The van der Waals surface area contributed by atoms with E-state index in [0.717, 1.165) is 17.7 Å². The zero-order valence-electron chi connectivity index (χ0n) is 15.0. The molecule has 2 aromatic heterocycles. The van der Waals surface area contributed by atoms with E-state index < -0.39 is 23.0 Å². The molecule has 142 valence electrons. The molecule has 2 heterocycles. The third-order valence-corrected chi connectivity index (χ3v) is 4.18. The van der Waals surface area contributed by atoms with Crippen LogP contribution in [-0.2, 0) is 12.1 Å². The van der Waals surface area contributed by atoms with Gasteiger partial charge in [0.15, 0.2) is 34.6 Å². The van der Waals surface area contributed by atoms with Gasteiger partial charge in [0.05, 0.1) is 0 Å². The Morgan fingerprint density at radius 2 is 1.85 bits per heavy atom. The van der Waals surface area contributed by atoms with E-state index in [0.29, 0.717) is 24.0 Å². The second-order valence-corrected chi connectivity index (χ2v) is 6.81. The van der Waals surface area contributed by atoms with Crippen molar-refractivity contribution in [2.24, 2.45) is 0 Å². The molecule has 0 saturated carbocycles. The number of hydrogen-bond acceptors (Lipinski definition) is 5. The average Bonchev–Trinajstić information content (AvgIpc) is 3.03. The summed E-state index contributed by atoms with van der Waals surface area (Å²) in [6, 6.07) is 5.41. The van der Waals surface area contributed by atoms with Crippen LogP contribution in [0.3, 0.4) is 0 Å². The van der Waals surface area contributed by atoms with Gasteiger partial charge in [-0.25, -0.2) is 13.8 Å². The molecule has 0 aliphatic carbocycles. The molecular formula is C18H18ClF2N5O. The first-order valence-corrected chi connectivity index (χ1v) is 8.60. The van der Waals surface area contributed by atoms with E-state index in [1.54, 1.807) is 36.7 Å². The van der Waals surface area contributed by atoms with Gasteiger partial charge < -0.3 is 15.0 Å². The summed E-state index contributed by atoms with van der Waals surface area (Å²) in [7, 11) is 0. The predicted octanol–water partition coefficient (Wildman–Crippen LogP) is 4.19. The number of aromatic nitrogens is 4. The average molecular weight is 394 g/mol. The molecule has 0 amide bonds. The second-order valence-electron chi connectivity index (χ2n) is 6.37. The maximum atomic E-state index is 14.1. The number of anilines is 1. The zero-order chi connectivity index (χ0) is 19.8. The van der Waals surface area contributed by atoms with Crippen molar-refractivity contribution < 1.29 is 13.5 Å².